The standard InChI is InChI=1S/C10H22O/c1-5-7-11-10(4)8-9(3)6-2/h9-10H,5-8H2,1-4H3. The first-order chi connectivity index (χ1) is 5.20. The molecule has 0 bridgehead atoms. The smallest absolute Gasteiger partial charge is 0.0549 e. The molecule has 0 aromatic heterocycles. The Morgan fingerprint density at radius 1 is 1.18 bits per heavy atom. The van der Waals surface area contributed by atoms with Crippen molar-refractivity contribution in [2.45, 2.75) is 53.1 Å². The average Bonchev–Trinajstić information content (AvgIpc) is 2.00. The van der Waals surface area contributed by atoms with E-state index in [0.29, 0.717) is 6.10 Å². The topological polar surface area (TPSA) is 9.23 Å². The zero-order valence-electron chi connectivity index (χ0n) is 8.39. The summed E-state index contributed by atoms with van der Waals surface area (Å²) in [6.07, 6.45) is 4.05. The highest BCUT2D eigenvalue weighted by atomic mass is 16.5. The Bertz CT molecular complexity index is 80.9. The first kappa shape index (κ1) is 11.0. The van der Waals surface area contributed by atoms with Crippen molar-refractivity contribution < 1.29 is 4.74 Å². The Morgan fingerprint density at radius 2 is 1.82 bits per heavy atom. The van der Waals surface area contributed by atoms with Gasteiger partial charge in [-0.1, -0.05) is 27.2 Å². The van der Waals surface area contributed by atoms with Crippen LogP contribution in [0.25, 0.3) is 0 Å². The first-order valence-corrected chi connectivity index (χ1v) is 4.82. The van der Waals surface area contributed by atoms with Crippen molar-refractivity contribution in [2.75, 3.05) is 6.61 Å². The molecule has 0 aromatic rings. The van der Waals surface area contributed by atoms with Crippen LogP contribution < -0.4 is 0 Å². The third-order valence-electron chi connectivity index (χ3n) is 2.04. The fraction of sp³-hybridized carbons (Fsp3) is 1.00. The lowest BCUT2D eigenvalue weighted by Gasteiger charge is -2.15. The van der Waals surface area contributed by atoms with Gasteiger partial charge in [-0.25, -0.2) is 0 Å². The lowest BCUT2D eigenvalue weighted by atomic mass is 10.0. The van der Waals surface area contributed by atoms with Crippen LogP contribution in [0.4, 0.5) is 0 Å². The highest BCUT2D eigenvalue weighted by molar-refractivity contribution is 4.56. The maximum atomic E-state index is 5.56. The third kappa shape index (κ3) is 6.36. The molecule has 0 aliphatic rings. The second-order valence-electron chi connectivity index (χ2n) is 3.43. The fourth-order valence-corrected chi connectivity index (χ4v) is 1.12. The van der Waals surface area contributed by atoms with Gasteiger partial charge >= 0.3 is 0 Å². The number of ether oxygens (including phenoxy) is 1. The van der Waals surface area contributed by atoms with E-state index in [2.05, 4.69) is 27.7 Å². The molecule has 1 nitrogen and oxygen atoms in total. The van der Waals surface area contributed by atoms with Gasteiger partial charge in [-0.2, -0.15) is 0 Å². The van der Waals surface area contributed by atoms with Crippen molar-refractivity contribution in [2.24, 2.45) is 5.92 Å². The molecular weight excluding hydrogens is 136 g/mol. The summed E-state index contributed by atoms with van der Waals surface area (Å²) in [5.74, 6) is 0.807. The van der Waals surface area contributed by atoms with Crippen molar-refractivity contribution in [3.8, 4) is 0 Å². The summed E-state index contributed by atoms with van der Waals surface area (Å²) >= 11 is 0. The van der Waals surface area contributed by atoms with Crippen molar-refractivity contribution in [3.05, 3.63) is 0 Å². The molecule has 1 heteroatoms. The van der Waals surface area contributed by atoms with Gasteiger partial charge in [0.2, 0.25) is 0 Å². The minimum absolute atomic E-state index is 0.449. The van der Waals surface area contributed by atoms with E-state index in [1.54, 1.807) is 0 Å². The molecule has 0 N–H and O–H groups in total. The number of hydrogen-bond donors (Lipinski definition) is 0. The molecule has 2 atom stereocenters. The predicted octanol–water partition coefficient (Wildman–Crippen LogP) is 3.24. The Kier molecular flexibility index (Phi) is 6.63. The summed E-state index contributed by atoms with van der Waals surface area (Å²) in [6.45, 7) is 9.75. The zero-order chi connectivity index (χ0) is 8.69. The van der Waals surface area contributed by atoms with Gasteiger partial charge in [0.05, 0.1) is 6.10 Å². The highest BCUT2D eigenvalue weighted by Crippen LogP contribution is 2.11. The van der Waals surface area contributed by atoms with Gasteiger partial charge in [-0.15, -0.1) is 0 Å². The van der Waals surface area contributed by atoms with Crippen LogP contribution >= 0.6 is 0 Å². The molecule has 0 saturated carbocycles. The first-order valence-electron chi connectivity index (χ1n) is 4.82. The molecule has 0 rings (SSSR count). The molecule has 0 saturated heterocycles. The number of rotatable bonds is 6. The summed E-state index contributed by atoms with van der Waals surface area (Å²) in [4.78, 5) is 0. The SMILES string of the molecule is CCCOC(C)CC(C)CC. The monoisotopic (exact) mass is 158 g/mol. The molecule has 11 heavy (non-hydrogen) atoms. The molecule has 0 fully saturated rings. The van der Waals surface area contributed by atoms with Crippen LogP contribution in [0, 0.1) is 5.92 Å². The zero-order valence-corrected chi connectivity index (χ0v) is 8.39. The largest absolute Gasteiger partial charge is 0.379 e. The Morgan fingerprint density at radius 3 is 2.27 bits per heavy atom. The number of hydrogen-bond acceptors (Lipinski definition) is 1. The van der Waals surface area contributed by atoms with Gasteiger partial charge in [-0.05, 0) is 25.7 Å². The van der Waals surface area contributed by atoms with Gasteiger partial charge < -0.3 is 4.74 Å². The Labute approximate surface area is 71.1 Å². The molecule has 0 heterocycles. The van der Waals surface area contributed by atoms with Crippen LogP contribution in [-0.2, 0) is 4.74 Å². The van der Waals surface area contributed by atoms with Crippen molar-refractivity contribution >= 4 is 0 Å². The lowest BCUT2D eigenvalue weighted by Crippen LogP contribution is -2.12. The fourth-order valence-electron chi connectivity index (χ4n) is 1.12. The molecule has 68 valence electrons. The summed E-state index contributed by atoms with van der Waals surface area (Å²) in [6, 6.07) is 0. The van der Waals surface area contributed by atoms with E-state index in [1.165, 1.54) is 12.8 Å². The highest BCUT2D eigenvalue weighted by Gasteiger charge is 2.05. The van der Waals surface area contributed by atoms with E-state index in [1.807, 2.05) is 0 Å². The molecule has 2 unspecified atom stereocenters. The average molecular weight is 158 g/mol. The predicted molar refractivity (Wildman–Crippen MR) is 49.8 cm³/mol. The third-order valence-corrected chi connectivity index (χ3v) is 2.04. The molecule has 0 aliphatic heterocycles. The summed E-state index contributed by atoms with van der Waals surface area (Å²) in [7, 11) is 0. The van der Waals surface area contributed by atoms with Crippen molar-refractivity contribution in [1.29, 1.82) is 0 Å². The summed E-state index contributed by atoms with van der Waals surface area (Å²) < 4.78 is 5.56. The normalized spacial score (nSPS) is 16.4. The van der Waals surface area contributed by atoms with Crippen LogP contribution in [0.1, 0.15) is 47.0 Å². The molecule has 0 radical (unpaired) electrons. The van der Waals surface area contributed by atoms with E-state index >= 15 is 0 Å². The summed E-state index contributed by atoms with van der Waals surface area (Å²) in [5.41, 5.74) is 0. The van der Waals surface area contributed by atoms with Crippen LogP contribution in [0.2, 0.25) is 0 Å². The quantitative estimate of drug-likeness (QED) is 0.576. The van der Waals surface area contributed by atoms with E-state index in [-0.39, 0.29) is 0 Å². The van der Waals surface area contributed by atoms with E-state index in [0.717, 1.165) is 18.9 Å². The molecule has 0 aromatic carbocycles. The molecule has 0 spiro atoms. The maximum Gasteiger partial charge on any atom is 0.0549 e. The van der Waals surface area contributed by atoms with Gasteiger partial charge in [0.1, 0.15) is 0 Å². The lowest BCUT2D eigenvalue weighted by molar-refractivity contribution is 0.0505. The maximum absolute atomic E-state index is 5.56. The minimum Gasteiger partial charge on any atom is -0.379 e. The van der Waals surface area contributed by atoms with Crippen molar-refractivity contribution in [1.82, 2.24) is 0 Å². The summed E-state index contributed by atoms with van der Waals surface area (Å²) in [5, 5.41) is 0. The van der Waals surface area contributed by atoms with Crippen LogP contribution in [-0.4, -0.2) is 12.7 Å². The minimum atomic E-state index is 0.449. The second-order valence-corrected chi connectivity index (χ2v) is 3.43. The Balaban J connectivity index is 3.27. The van der Waals surface area contributed by atoms with Gasteiger partial charge in [0.15, 0.2) is 0 Å². The van der Waals surface area contributed by atoms with Crippen molar-refractivity contribution in [3.63, 3.8) is 0 Å². The van der Waals surface area contributed by atoms with Gasteiger partial charge in [-0.3, -0.25) is 0 Å². The molecule has 0 amide bonds. The van der Waals surface area contributed by atoms with Crippen LogP contribution in [0.3, 0.4) is 0 Å². The van der Waals surface area contributed by atoms with Crippen LogP contribution in [0.5, 0.6) is 0 Å². The van der Waals surface area contributed by atoms with Gasteiger partial charge in [0, 0.05) is 6.61 Å². The second kappa shape index (κ2) is 6.66. The van der Waals surface area contributed by atoms with E-state index < -0.39 is 0 Å². The Hall–Kier alpha value is -0.0400. The molecular formula is C10H22O. The van der Waals surface area contributed by atoms with E-state index in [4.69, 9.17) is 4.74 Å². The van der Waals surface area contributed by atoms with Gasteiger partial charge in [0.25, 0.3) is 0 Å². The molecule has 0 aliphatic carbocycles. The van der Waals surface area contributed by atoms with E-state index in [9.17, 15) is 0 Å². The van der Waals surface area contributed by atoms with Crippen LogP contribution in [0.15, 0.2) is 0 Å².